The van der Waals surface area contributed by atoms with Gasteiger partial charge in [0.05, 0.1) is 0 Å². The maximum atomic E-state index is 6.30. The third-order valence-corrected chi connectivity index (χ3v) is 4.53. The van der Waals surface area contributed by atoms with Crippen molar-refractivity contribution < 1.29 is 4.74 Å². The van der Waals surface area contributed by atoms with Crippen molar-refractivity contribution in [3.8, 4) is 0 Å². The number of imidazole rings is 1. The van der Waals surface area contributed by atoms with Gasteiger partial charge in [0.15, 0.2) is 0 Å². The van der Waals surface area contributed by atoms with Gasteiger partial charge in [0.2, 0.25) is 0 Å². The van der Waals surface area contributed by atoms with E-state index in [0.29, 0.717) is 19.8 Å². The van der Waals surface area contributed by atoms with Crippen LogP contribution in [-0.4, -0.2) is 43.5 Å². The van der Waals surface area contributed by atoms with Gasteiger partial charge < -0.3 is 0 Å². The third kappa shape index (κ3) is 3.27. The molecular formula is C17H23AsN4O. The number of aromatic nitrogens is 3. The van der Waals surface area contributed by atoms with Gasteiger partial charge in [-0.15, -0.1) is 0 Å². The van der Waals surface area contributed by atoms with Crippen LogP contribution in [0.2, 0.25) is 0 Å². The number of rotatable bonds is 5. The second-order valence-corrected chi connectivity index (χ2v) is 7.60. The Morgan fingerprint density at radius 1 is 1.26 bits per heavy atom. The number of pyridine rings is 1. The molecule has 2 heterocycles. The van der Waals surface area contributed by atoms with Crippen molar-refractivity contribution in [3.63, 3.8) is 0 Å². The minimum atomic E-state index is -0.335. The average molecular weight is 374 g/mol. The zero-order valence-corrected chi connectivity index (χ0v) is 16.3. The van der Waals surface area contributed by atoms with Crippen molar-refractivity contribution in [1.29, 1.82) is 0 Å². The van der Waals surface area contributed by atoms with Crippen molar-refractivity contribution in [2.45, 2.75) is 39.5 Å². The molecule has 5 nitrogen and oxygen atoms in total. The van der Waals surface area contributed by atoms with Crippen molar-refractivity contribution in [3.05, 3.63) is 30.1 Å². The first-order valence-electron chi connectivity index (χ1n) is 7.80. The van der Waals surface area contributed by atoms with Gasteiger partial charge in [-0.2, -0.15) is 0 Å². The van der Waals surface area contributed by atoms with Crippen molar-refractivity contribution in [2.24, 2.45) is 5.73 Å². The summed E-state index contributed by atoms with van der Waals surface area (Å²) in [5.41, 5.74) is 9.03. The number of fused-ring (bicyclic) bond motifs is 3. The fourth-order valence-electron chi connectivity index (χ4n) is 2.79. The van der Waals surface area contributed by atoms with Crippen molar-refractivity contribution in [1.82, 2.24) is 14.5 Å². The summed E-state index contributed by atoms with van der Waals surface area (Å²) in [6.45, 7) is 7.89. The molecule has 0 radical (unpaired) electrons. The van der Waals surface area contributed by atoms with E-state index in [1.165, 1.54) is 16.9 Å². The summed E-state index contributed by atoms with van der Waals surface area (Å²) in [4.78, 5) is 9.53. The molecule has 0 saturated carbocycles. The monoisotopic (exact) mass is 374 g/mol. The van der Waals surface area contributed by atoms with E-state index in [2.05, 4.69) is 10.6 Å². The average Bonchev–Trinajstić information content (AvgIpc) is 2.83. The second-order valence-electron chi connectivity index (χ2n) is 6.45. The molecule has 0 saturated heterocycles. The van der Waals surface area contributed by atoms with E-state index < -0.39 is 0 Å². The van der Waals surface area contributed by atoms with Gasteiger partial charge in [-0.3, -0.25) is 0 Å². The Bertz CT molecular complexity index is 851. The SMILES string of the molecule is CCOCc1nc2c([AsH2])nc3ccccc3c2n1CC(C)(C)N. The van der Waals surface area contributed by atoms with Crippen LogP contribution < -0.4 is 10.2 Å². The molecule has 6 heteroatoms. The first-order valence-corrected chi connectivity index (χ1v) is 9.02. The van der Waals surface area contributed by atoms with Crippen LogP contribution in [0.4, 0.5) is 0 Å². The Hall–Kier alpha value is -1.42. The van der Waals surface area contributed by atoms with Crippen LogP contribution in [0, 0.1) is 0 Å². The van der Waals surface area contributed by atoms with E-state index >= 15 is 0 Å². The van der Waals surface area contributed by atoms with Crippen molar-refractivity contribution in [2.75, 3.05) is 6.61 Å². The molecule has 3 rings (SSSR count). The molecule has 0 spiro atoms. The summed E-state index contributed by atoms with van der Waals surface area (Å²) >= 11 is 1.49. The number of para-hydroxylation sites is 1. The number of hydrogen-bond acceptors (Lipinski definition) is 4. The molecule has 0 amide bonds. The Balaban J connectivity index is 2.32. The number of nitrogens with two attached hydrogens (primary N) is 1. The van der Waals surface area contributed by atoms with Crippen molar-refractivity contribution >= 4 is 43.3 Å². The number of benzene rings is 1. The molecule has 2 N–H and O–H groups in total. The molecule has 0 aliphatic heterocycles. The third-order valence-electron chi connectivity index (χ3n) is 3.69. The van der Waals surface area contributed by atoms with Gasteiger partial charge in [-0.05, 0) is 0 Å². The molecule has 0 bridgehead atoms. The van der Waals surface area contributed by atoms with Gasteiger partial charge in [0, 0.05) is 0 Å². The predicted molar refractivity (Wildman–Crippen MR) is 96.8 cm³/mol. The van der Waals surface area contributed by atoms with Crippen LogP contribution in [0.25, 0.3) is 21.9 Å². The molecule has 2 aromatic heterocycles. The van der Waals surface area contributed by atoms with Crippen LogP contribution in [0.5, 0.6) is 0 Å². The quantitative estimate of drug-likeness (QED) is 0.680. The van der Waals surface area contributed by atoms with Gasteiger partial charge in [0.25, 0.3) is 0 Å². The van der Waals surface area contributed by atoms with E-state index in [0.717, 1.165) is 32.2 Å². The van der Waals surface area contributed by atoms with Crippen LogP contribution in [-0.2, 0) is 17.9 Å². The molecule has 0 fully saturated rings. The van der Waals surface area contributed by atoms with Gasteiger partial charge in [-0.25, -0.2) is 0 Å². The number of ether oxygens (including phenoxy) is 1. The number of nitrogens with zero attached hydrogens (tertiary/aromatic N) is 3. The first-order chi connectivity index (χ1) is 10.9. The summed E-state index contributed by atoms with van der Waals surface area (Å²) in [6, 6.07) is 8.20. The molecular weight excluding hydrogens is 351 g/mol. The second kappa shape index (κ2) is 6.23. The molecule has 0 aliphatic rings. The maximum absolute atomic E-state index is 6.30. The molecule has 3 aromatic rings. The molecule has 122 valence electrons. The summed E-state index contributed by atoms with van der Waals surface area (Å²) in [7, 11) is 0. The summed E-state index contributed by atoms with van der Waals surface area (Å²) in [6.07, 6.45) is 0. The van der Waals surface area contributed by atoms with Crippen LogP contribution in [0.15, 0.2) is 24.3 Å². The summed E-state index contributed by atoms with van der Waals surface area (Å²) in [5, 5.41) is 1.11. The van der Waals surface area contributed by atoms with Gasteiger partial charge in [0.1, 0.15) is 0 Å². The number of hydrogen-bond donors (Lipinski definition) is 1. The van der Waals surface area contributed by atoms with E-state index in [1.54, 1.807) is 0 Å². The van der Waals surface area contributed by atoms with Crippen LogP contribution >= 0.6 is 0 Å². The standard InChI is InChI=1S/C17H23AsN4O/c1-4-23-9-13-21-14-15(22(13)10-17(2,3)19)11-7-5-6-8-12(11)20-16(14)18/h5-8H,4,9-10,18-19H2,1-3H3. The predicted octanol–water partition coefficient (Wildman–Crippen LogP) is 1.12. The minimum absolute atomic E-state index is 0.335. The Kier molecular flexibility index (Phi) is 4.45. The van der Waals surface area contributed by atoms with Crippen LogP contribution in [0.1, 0.15) is 26.6 Å². The van der Waals surface area contributed by atoms with E-state index in [9.17, 15) is 0 Å². The first kappa shape index (κ1) is 16.4. The van der Waals surface area contributed by atoms with E-state index in [-0.39, 0.29) is 5.54 Å². The van der Waals surface area contributed by atoms with E-state index in [1.807, 2.05) is 39.0 Å². The Morgan fingerprint density at radius 3 is 2.70 bits per heavy atom. The van der Waals surface area contributed by atoms with Crippen LogP contribution in [0.3, 0.4) is 0 Å². The molecule has 1 aromatic carbocycles. The Morgan fingerprint density at radius 2 is 2.00 bits per heavy atom. The fourth-order valence-corrected chi connectivity index (χ4v) is 3.50. The van der Waals surface area contributed by atoms with Gasteiger partial charge >= 0.3 is 144 Å². The molecule has 23 heavy (non-hydrogen) atoms. The summed E-state index contributed by atoms with van der Waals surface area (Å²) in [5.74, 6) is 0.914. The Labute approximate surface area is 144 Å². The zero-order valence-electron chi connectivity index (χ0n) is 13.8. The zero-order chi connectivity index (χ0) is 16.6. The topological polar surface area (TPSA) is 66.0 Å². The van der Waals surface area contributed by atoms with E-state index in [4.69, 9.17) is 20.4 Å². The van der Waals surface area contributed by atoms with Gasteiger partial charge in [-0.1, -0.05) is 0 Å². The molecule has 1 unspecified atom stereocenters. The normalized spacial score (nSPS) is 12.4. The molecule has 1 atom stereocenters. The fraction of sp³-hybridized carbons (Fsp3) is 0.412. The summed E-state index contributed by atoms with van der Waals surface area (Å²) < 4.78 is 8.82. The molecule has 0 aliphatic carbocycles.